The highest BCUT2D eigenvalue weighted by atomic mass is 16.1. The number of hydrogen-bond acceptors (Lipinski definition) is 4. The Balaban J connectivity index is 1.64. The van der Waals surface area contributed by atoms with E-state index in [1.165, 1.54) is 0 Å². The van der Waals surface area contributed by atoms with Crippen molar-refractivity contribution in [2.45, 2.75) is 39.0 Å². The maximum absolute atomic E-state index is 11.2. The van der Waals surface area contributed by atoms with Crippen LogP contribution in [0.2, 0.25) is 0 Å². The average Bonchev–Trinajstić information content (AvgIpc) is 3.01. The van der Waals surface area contributed by atoms with Crippen LogP contribution in [0.25, 0.3) is 5.65 Å². The molecular weight excluding hydrogens is 278 g/mol. The number of aryl methyl sites for hydroxylation is 1. The fraction of sp³-hybridized carbons (Fsp3) is 0.562. The molecule has 0 atom stereocenters. The van der Waals surface area contributed by atoms with Gasteiger partial charge in [-0.2, -0.15) is 9.61 Å². The minimum absolute atomic E-state index is 0.0710. The standard InChI is InChI=1S/C16H23N5O/c1-2-13-9-15(21-14(20-13)7-8-19-21)18-10-11-3-5-12(6-4-11)16(17)22/h7-9,11-12,18H,2-6,10H2,1H3,(H2,17,22). The molecule has 0 aliphatic heterocycles. The topological polar surface area (TPSA) is 85.3 Å². The monoisotopic (exact) mass is 301 g/mol. The number of amides is 1. The number of nitrogens with one attached hydrogen (secondary N) is 1. The predicted molar refractivity (Wildman–Crippen MR) is 85.5 cm³/mol. The van der Waals surface area contributed by atoms with Gasteiger partial charge >= 0.3 is 0 Å². The number of aromatic nitrogens is 3. The van der Waals surface area contributed by atoms with Crippen LogP contribution in [0.5, 0.6) is 0 Å². The molecular formula is C16H23N5O. The first-order chi connectivity index (χ1) is 10.7. The number of anilines is 1. The molecule has 1 aliphatic carbocycles. The van der Waals surface area contributed by atoms with Gasteiger partial charge in [-0.15, -0.1) is 0 Å². The van der Waals surface area contributed by atoms with E-state index in [4.69, 9.17) is 5.73 Å². The number of hydrogen-bond donors (Lipinski definition) is 2. The zero-order valence-corrected chi connectivity index (χ0v) is 13.0. The minimum atomic E-state index is -0.147. The molecule has 0 bridgehead atoms. The summed E-state index contributed by atoms with van der Waals surface area (Å²) in [7, 11) is 0. The summed E-state index contributed by atoms with van der Waals surface area (Å²) >= 11 is 0. The summed E-state index contributed by atoms with van der Waals surface area (Å²) in [6, 6.07) is 3.98. The van der Waals surface area contributed by atoms with Gasteiger partial charge < -0.3 is 11.1 Å². The highest BCUT2D eigenvalue weighted by molar-refractivity contribution is 5.76. The quantitative estimate of drug-likeness (QED) is 0.884. The summed E-state index contributed by atoms with van der Waals surface area (Å²) in [5.74, 6) is 1.50. The van der Waals surface area contributed by atoms with E-state index >= 15 is 0 Å². The molecule has 1 saturated carbocycles. The molecule has 1 fully saturated rings. The first-order valence-electron chi connectivity index (χ1n) is 8.04. The molecule has 6 heteroatoms. The van der Waals surface area contributed by atoms with Crippen molar-refractivity contribution in [3.63, 3.8) is 0 Å². The SMILES string of the molecule is CCc1cc(NCC2CCC(C(N)=O)CC2)n2nccc2n1. The minimum Gasteiger partial charge on any atom is -0.370 e. The van der Waals surface area contributed by atoms with Crippen LogP contribution in [0.4, 0.5) is 5.82 Å². The molecule has 22 heavy (non-hydrogen) atoms. The van der Waals surface area contributed by atoms with E-state index in [0.717, 1.165) is 55.8 Å². The fourth-order valence-electron chi connectivity index (χ4n) is 3.17. The number of rotatable bonds is 5. The van der Waals surface area contributed by atoms with Gasteiger partial charge in [0.2, 0.25) is 5.91 Å². The molecule has 2 aromatic rings. The van der Waals surface area contributed by atoms with Crippen molar-refractivity contribution >= 4 is 17.4 Å². The molecule has 3 N–H and O–H groups in total. The Hall–Kier alpha value is -2.11. The Morgan fingerprint density at radius 1 is 1.41 bits per heavy atom. The van der Waals surface area contributed by atoms with E-state index in [9.17, 15) is 4.79 Å². The molecule has 0 radical (unpaired) electrons. The van der Waals surface area contributed by atoms with Crippen LogP contribution >= 0.6 is 0 Å². The van der Waals surface area contributed by atoms with Crippen LogP contribution < -0.4 is 11.1 Å². The van der Waals surface area contributed by atoms with Crippen LogP contribution in [-0.2, 0) is 11.2 Å². The molecule has 2 aromatic heterocycles. The van der Waals surface area contributed by atoms with Gasteiger partial charge in [0.1, 0.15) is 5.82 Å². The number of carbonyl (C=O) groups is 1. The lowest BCUT2D eigenvalue weighted by Crippen LogP contribution is -2.29. The molecule has 1 aliphatic rings. The van der Waals surface area contributed by atoms with E-state index in [1.54, 1.807) is 6.20 Å². The lowest BCUT2D eigenvalue weighted by Gasteiger charge is -2.27. The highest BCUT2D eigenvalue weighted by Gasteiger charge is 2.24. The Morgan fingerprint density at radius 2 is 2.18 bits per heavy atom. The maximum Gasteiger partial charge on any atom is 0.220 e. The predicted octanol–water partition coefficient (Wildman–Crippen LogP) is 2.00. The third kappa shape index (κ3) is 3.05. The highest BCUT2D eigenvalue weighted by Crippen LogP contribution is 2.28. The average molecular weight is 301 g/mol. The van der Waals surface area contributed by atoms with E-state index in [-0.39, 0.29) is 11.8 Å². The van der Waals surface area contributed by atoms with Crippen molar-refractivity contribution in [1.29, 1.82) is 0 Å². The summed E-state index contributed by atoms with van der Waals surface area (Å²) < 4.78 is 1.84. The number of fused-ring (bicyclic) bond motifs is 1. The van der Waals surface area contributed by atoms with E-state index in [1.807, 2.05) is 10.6 Å². The number of carbonyl (C=O) groups excluding carboxylic acids is 1. The Kier molecular flexibility index (Phi) is 4.27. The van der Waals surface area contributed by atoms with Crippen molar-refractivity contribution in [2.75, 3.05) is 11.9 Å². The van der Waals surface area contributed by atoms with Gasteiger partial charge in [-0.05, 0) is 38.0 Å². The van der Waals surface area contributed by atoms with Gasteiger partial charge in [0, 0.05) is 30.3 Å². The van der Waals surface area contributed by atoms with Gasteiger partial charge in [-0.3, -0.25) is 4.79 Å². The Bertz CT molecular complexity index is 658. The van der Waals surface area contributed by atoms with E-state index in [0.29, 0.717) is 5.92 Å². The second-order valence-corrected chi connectivity index (χ2v) is 6.09. The lowest BCUT2D eigenvalue weighted by molar-refractivity contribution is -0.122. The normalized spacial score (nSPS) is 21.9. The van der Waals surface area contributed by atoms with Gasteiger partial charge in [-0.25, -0.2) is 4.98 Å². The van der Waals surface area contributed by atoms with Crippen molar-refractivity contribution in [1.82, 2.24) is 14.6 Å². The van der Waals surface area contributed by atoms with Crippen LogP contribution in [0.1, 0.15) is 38.3 Å². The van der Waals surface area contributed by atoms with Crippen molar-refractivity contribution < 1.29 is 4.79 Å². The number of nitrogens with zero attached hydrogens (tertiary/aromatic N) is 3. The van der Waals surface area contributed by atoms with Crippen molar-refractivity contribution in [3.8, 4) is 0 Å². The molecule has 0 saturated heterocycles. The Labute approximate surface area is 130 Å². The maximum atomic E-state index is 11.2. The zero-order chi connectivity index (χ0) is 15.5. The molecule has 118 valence electrons. The van der Waals surface area contributed by atoms with Crippen molar-refractivity contribution in [3.05, 3.63) is 24.0 Å². The van der Waals surface area contributed by atoms with Crippen LogP contribution in [-0.4, -0.2) is 27.0 Å². The van der Waals surface area contributed by atoms with Crippen molar-refractivity contribution in [2.24, 2.45) is 17.6 Å². The summed E-state index contributed by atoms with van der Waals surface area (Å²) in [6.07, 6.45) is 6.60. The van der Waals surface area contributed by atoms with Gasteiger partial charge in [0.15, 0.2) is 5.65 Å². The van der Waals surface area contributed by atoms with E-state index < -0.39 is 0 Å². The van der Waals surface area contributed by atoms with Gasteiger partial charge in [0.05, 0.1) is 6.20 Å². The van der Waals surface area contributed by atoms with Crippen LogP contribution in [0, 0.1) is 11.8 Å². The Morgan fingerprint density at radius 3 is 2.86 bits per heavy atom. The smallest absolute Gasteiger partial charge is 0.220 e. The lowest BCUT2D eigenvalue weighted by atomic mass is 9.81. The molecule has 1 amide bonds. The first kappa shape index (κ1) is 14.8. The number of primary amides is 1. The fourth-order valence-corrected chi connectivity index (χ4v) is 3.17. The summed E-state index contributed by atoms with van der Waals surface area (Å²) in [5.41, 5.74) is 7.32. The molecule has 0 spiro atoms. The van der Waals surface area contributed by atoms with Gasteiger partial charge in [-0.1, -0.05) is 6.92 Å². The summed E-state index contributed by atoms with van der Waals surface area (Å²) in [4.78, 5) is 15.8. The van der Waals surface area contributed by atoms with E-state index in [2.05, 4.69) is 28.4 Å². The largest absolute Gasteiger partial charge is 0.370 e. The third-order valence-corrected chi connectivity index (χ3v) is 4.60. The zero-order valence-electron chi connectivity index (χ0n) is 13.0. The van der Waals surface area contributed by atoms with Crippen LogP contribution in [0.15, 0.2) is 18.3 Å². The van der Waals surface area contributed by atoms with Gasteiger partial charge in [0.25, 0.3) is 0 Å². The molecule has 2 heterocycles. The molecule has 0 unspecified atom stereocenters. The number of nitrogens with two attached hydrogens (primary N) is 1. The molecule has 3 rings (SSSR count). The van der Waals surface area contributed by atoms with Crippen LogP contribution in [0.3, 0.4) is 0 Å². The first-order valence-corrected chi connectivity index (χ1v) is 8.04. The molecule has 0 aromatic carbocycles. The second kappa shape index (κ2) is 6.34. The summed E-state index contributed by atoms with van der Waals surface area (Å²) in [6.45, 7) is 3.00. The summed E-state index contributed by atoms with van der Waals surface area (Å²) in [5, 5.41) is 7.83. The second-order valence-electron chi connectivity index (χ2n) is 6.09. The third-order valence-electron chi connectivity index (χ3n) is 4.60. The molecule has 6 nitrogen and oxygen atoms in total.